The zero-order valence-electron chi connectivity index (χ0n) is 7.59. The molecule has 0 atom stereocenters. The second-order valence-electron chi connectivity index (χ2n) is 2.79. The van der Waals surface area contributed by atoms with E-state index in [4.69, 9.17) is 11.6 Å². The van der Waals surface area contributed by atoms with Gasteiger partial charge in [-0.15, -0.1) is 0 Å². The monoisotopic (exact) mass is 219 g/mol. The van der Waals surface area contributed by atoms with Crippen LogP contribution in [0.3, 0.4) is 0 Å². The third kappa shape index (κ3) is 1.96. The molecule has 0 fully saturated rings. The molecular formula is C10H6ClN3O. The van der Waals surface area contributed by atoms with Crippen molar-refractivity contribution in [3.05, 3.63) is 41.7 Å². The highest BCUT2D eigenvalue weighted by Crippen LogP contribution is 2.24. The highest BCUT2D eigenvalue weighted by molar-refractivity contribution is 6.32. The van der Waals surface area contributed by atoms with Crippen LogP contribution in [0.4, 0.5) is 5.69 Å². The van der Waals surface area contributed by atoms with Crippen molar-refractivity contribution in [1.82, 2.24) is 9.78 Å². The fourth-order valence-corrected chi connectivity index (χ4v) is 1.48. The van der Waals surface area contributed by atoms with E-state index in [0.29, 0.717) is 10.7 Å². The summed E-state index contributed by atoms with van der Waals surface area (Å²) >= 11 is 6.01. The van der Waals surface area contributed by atoms with E-state index in [9.17, 15) is 4.79 Å². The largest absolute Gasteiger partial charge is 0.240 e. The van der Waals surface area contributed by atoms with Crippen molar-refractivity contribution in [2.24, 2.45) is 4.99 Å². The van der Waals surface area contributed by atoms with Crippen LogP contribution in [0.15, 0.2) is 41.7 Å². The van der Waals surface area contributed by atoms with Crippen LogP contribution in [0.5, 0.6) is 0 Å². The SMILES string of the molecule is O=C=Nc1ccc(-n2cccn2)c(Cl)c1. The number of hydrogen-bond donors (Lipinski definition) is 0. The minimum atomic E-state index is 0.478. The number of halogens is 1. The van der Waals surface area contributed by atoms with Crippen LogP contribution >= 0.6 is 11.6 Å². The molecule has 1 heterocycles. The van der Waals surface area contributed by atoms with Gasteiger partial charge in [0.1, 0.15) is 0 Å². The Balaban J connectivity index is 2.48. The van der Waals surface area contributed by atoms with E-state index in [1.54, 1.807) is 41.3 Å². The van der Waals surface area contributed by atoms with Gasteiger partial charge in [-0.25, -0.2) is 9.48 Å². The van der Waals surface area contributed by atoms with Gasteiger partial charge in [0, 0.05) is 12.4 Å². The van der Waals surface area contributed by atoms with E-state index >= 15 is 0 Å². The van der Waals surface area contributed by atoms with E-state index < -0.39 is 0 Å². The molecule has 0 saturated heterocycles. The standard InChI is InChI=1S/C10H6ClN3O/c11-9-6-8(12-7-15)2-3-10(9)14-5-1-4-13-14/h1-6H. The molecule has 0 amide bonds. The predicted molar refractivity (Wildman–Crippen MR) is 56.4 cm³/mol. The summed E-state index contributed by atoms with van der Waals surface area (Å²) in [5, 5.41) is 4.53. The third-order valence-corrected chi connectivity index (χ3v) is 2.16. The van der Waals surface area contributed by atoms with Gasteiger partial charge in [-0.3, -0.25) is 0 Å². The fraction of sp³-hybridized carbons (Fsp3) is 0. The fourth-order valence-electron chi connectivity index (χ4n) is 1.22. The molecule has 0 bridgehead atoms. The lowest BCUT2D eigenvalue weighted by Crippen LogP contribution is -1.94. The second-order valence-corrected chi connectivity index (χ2v) is 3.20. The van der Waals surface area contributed by atoms with E-state index in [-0.39, 0.29) is 0 Å². The molecule has 0 aliphatic rings. The minimum absolute atomic E-state index is 0.478. The first-order valence-electron chi connectivity index (χ1n) is 4.19. The van der Waals surface area contributed by atoms with Crippen LogP contribution in [0.2, 0.25) is 5.02 Å². The van der Waals surface area contributed by atoms with Crippen molar-refractivity contribution >= 4 is 23.4 Å². The Hall–Kier alpha value is -1.90. The molecule has 15 heavy (non-hydrogen) atoms. The zero-order chi connectivity index (χ0) is 10.7. The Morgan fingerprint density at radius 1 is 1.47 bits per heavy atom. The normalized spacial score (nSPS) is 9.67. The predicted octanol–water partition coefficient (Wildman–Crippen LogP) is 2.49. The van der Waals surface area contributed by atoms with Gasteiger partial charge in [-0.05, 0) is 24.3 Å². The Kier molecular flexibility index (Phi) is 2.63. The average Bonchev–Trinajstić information content (AvgIpc) is 2.71. The second kappa shape index (κ2) is 4.09. The number of rotatable bonds is 2. The molecule has 1 aromatic carbocycles. The lowest BCUT2D eigenvalue weighted by Gasteiger charge is -2.03. The summed E-state index contributed by atoms with van der Waals surface area (Å²) in [7, 11) is 0. The Bertz CT molecular complexity index is 515. The number of benzene rings is 1. The van der Waals surface area contributed by atoms with Gasteiger partial charge in [0.05, 0.1) is 16.4 Å². The first kappa shape index (κ1) is 9.65. The van der Waals surface area contributed by atoms with Gasteiger partial charge in [0.15, 0.2) is 0 Å². The van der Waals surface area contributed by atoms with E-state index in [0.717, 1.165) is 5.69 Å². The Labute approximate surface area is 90.8 Å². The molecule has 0 saturated carbocycles. The van der Waals surface area contributed by atoms with Gasteiger partial charge in [-0.1, -0.05) is 11.6 Å². The van der Waals surface area contributed by atoms with Crippen molar-refractivity contribution in [2.75, 3.05) is 0 Å². The first-order valence-corrected chi connectivity index (χ1v) is 4.56. The number of isocyanates is 1. The summed E-state index contributed by atoms with van der Waals surface area (Å²) in [6.07, 6.45) is 4.90. The molecule has 0 spiro atoms. The third-order valence-electron chi connectivity index (χ3n) is 1.86. The maximum absolute atomic E-state index is 10.0. The van der Waals surface area contributed by atoms with Crippen LogP contribution in [0, 0.1) is 0 Å². The molecule has 2 rings (SSSR count). The molecule has 0 aliphatic carbocycles. The van der Waals surface area contributed by atoms with E-state index in [1.807, 2.05) is 0 Å². The number of aliphatic imine (C=N–C) groups is 1. The van der Waals surface area contributed by atoms with E-state index in [1.165, 1.54) is 6.08 Å². The number of hydrogen-bond acceptors (Lipinski definition) is 3. The topological polar surface area (TPSA) is 47.2 Å². The molecular weight excluding hydrogens is 214 g/mol. The number of nitrogens with zero attached hydrogens (tertiary/aromatic N) is 3. The Morgan fingerprint density at radius 2 is 2.33 bits per heavy atom. The highest BCUT2D eigenvalue weighted by Gasteiger charge is 2.03. The molecule has 0 aliphatic heterocycles. The van der Waals surface area contributed by atoms with Gasteiger partial charge < -0.3 is 0 Å². The van der Waals surface area contributed by atoms with Crippen molar-refractivity contribution in [3.63, 3.8) is 0 Å². The molecule has 0 radical (unpaired) electrons. The molecule has 74 valence electrons. The maximum Gasteiger partial charge on any atom is 0.240 e. The average molecular weight is 220 g/mol. The Morgan fingerprint density at radius 3 is 2.93 bits per heavy atom. The maximum atomic E-state index is 10.0. The van der Waals surface area contributed by atoms with Crippen molar-refractivity contribution in [1.29, 1.82) is 0 Å². The minimum Gasteiger partial charge on any atom is -0.239 e. The van der Waals surface area contributed by atoms with Gasteiger partial charge in [-0.2, -0.15) is 10.1 Å². The molecule has 0 unspecified atom stereocenters. The summed E-state index contributed by atoms with van der Waals surface area (Å²) in [5.41, 5.74) is 1.22. The van der Waals surface area contributed by atoms with Gasteiger partial charge in [0.2, 0.25) is 6.08 Å². The molecule has 0 N–H and O–H groups in total. The number of aromatic nitrogens is 2. The first-order chi connectivity index (χ1) is 7.31. The molecule has 2 aromatic rings. The van der Waals surface area contributed by atoms with Crippen LogP contribution in [-0.2, 0) is 4.79 Å². The van der Waals surface area contributed by atoms with Crippen molar-refractivity contribution in [2.45, 2.75) is 0 Å². The van der Waals surface area contributed by atoms with Crippen LogP contribution < -0.4 is 0 Å². The molecule has 5 heteroatoms. The van der Waals surface area contributed by atoms with Crippen molar-refractivity contribution < 1.29 is 4.79 Å². The smallest absolute Gasteiger partial charge is 0.239 e. The van der Waals surface area contributed by atoms with Gasteiger partial charge in [0.25, 0.3) is 0 Å². The quantitative estimate of drug-likeness (QED) is 0.576. The van der Waals surface area contributed by atoms with Gasteiger partial charge >= 0.3 is 0 Å². The summed E-state index contributed by atoms with van der Waals surface area (Å²) in [6.45, 7) is 0. The summed E-state index contributed by atoms with van der Waals surface area (Å²) in [4.78, 5) is 13.5. The lowest BCUT2D eigenvalue weighted by molar-refractivity contribution is 0.565. The summed E-state index contributed by atoms with van der Waals surface area (Å²) < 4.78 is 1.64. The summed E-state index contributed by atoms with van der Waals surface area (Å²) in [6, 6.07) is 6.80. The lowest BCUT2D eigenvalue weighted by atomic mass is 10.3. The van der Waals surface area contributed by atoms with E-state index in [2.05, 4.69) is 10.1 Å². The number of carbonyl (C=O) groups excluding carboxylic acids is 1. The van der Waals surface area contributed by atoms with Crippen LogP contribution in [0.1, 0.15) is 0 Å². The molecule has 1 aromatic heterocycles. The summed E-state index contributed by atoms with van der Waals surface area (Å²) in [5.74, 6) is 0. The van der Waals surface area contributed by atoms with Crippen molar-refractivity contribution in [3.8, 4) is 5.69 Å². The highest BCUT2D eigenvalue weighted by atomic mass is 35.5. The van der Waals surface area contributed by atoms with Crippen LogP contribution in [-0.4, -0.2) is 15.9 Å². The molecule has 4 nitrogen and oxygen atoms in total. The zero-order valence-corrected chi connectivity index (χ0v) is 8.35. The van der Waals surface area contributed by atoms with Crippen LogP contribution in [0.25, 0.3) is 5.69 Å².